The summed E-state index contributed by atoms with van der Waals surface area (Å²) >= 11 is 1.52. The molecule has 0 fully saturated rings. The summed E-state index contributed by atoms with van der Waals surface area (Å²) in [5, 5.41) is 9.87. The Hall–Kier alpha value is -1.54. The predicted octanol–water partition coefficient (Wildman–Crippen LogP) is 5.01. The first-order valence-electron chi connectivity index (χ1n) is 10.5. The summed E-state index contributed by atoms with van der Waals surface area (Å²) in [6.07, 6.45) is 5.45. The number of thioether (sulfide) groups is 1. The molecule has 1 aliphatic heterocycles. The number of hydrogen-bond donors (Lipinski definition) is 1. The van der Waals surface area contributed by atoms with Gasteiger partial charge in [-0.05, 0) is 48.9 Å². The number of para-hydroxylation sites is 1. The molecule has 0 bridgehead atoms. The van der Waals surface area contributed by atoms with E-state index in [0.29, 0.717) is 17.8 Å². The van der Waals surface area contributed by atoms with E-state index >= 15 is 0 Å². The van der Waals surface area contributed by atoms with Crippen LogP contribution in [0.5, 0.6) is 0 Å². The van der Waals surface area contributed by atoms with Gasteiger partial charge in [-0.15, -0.1) is 11.8 Å². The molecule has 0 aliphatic carbocycles. The maximum atomic E-state index is 13.8. The quantitative estimate of drug-likeness (QED) is 0.603. The number of benzene rings is 2. The number of sulfonamides is 1. The SMILES string of the molecule is CCCCC1(CC)CN(c2ccccc2)c2cc(SC)c(CO)cc2S(=O)(=O)N1C. The van der Waals surface area contributed by atoms with E-state index in [2.05, 4.69) is 18.7 Å². The minimum Gasteiger partial charge on any atom is -0.392 e. The van der Waals surface area contributed by atoms with Crippen LogP contribution < -0.4 is 4.90 Å². The minimum absolute atomic E-state index is 0.192. The summed E-state index contributed by atoms with van der Waals surface area (Å²) < 4.78 is 29.2. The molecule has 2 aromatic carbocycles. The number of nitrogens with zero attached hydrogens (tertiary/aromatic N) is 2. The molecule has 5 nitrogen and oxygen atoms in total. The maximum absolute atomic E-state index is 13.8. The Morgan fingerprint density at radius 3 is 2.43 bits per heavy atom. The van der Waals surface area contributed by atoms with Crippen molar-refractivity contribution in [3.63, 3.8) is 0 Å². The summed E-state index contributed by atoms with van der Waals surface area (Å²) in [6.45, 7) is 4.61. The average molecular weight is 449 g/mol. The lowest BCUT2D eigenvalue weighted by Crippen LogP contribution is -2.53. The highest BCUT2D eigenvalue weighted by molar-refractivity contribution is 7.98. The van der Waals surface area contributed by atoms with E-state index < -0.39 is 15.6 Å². The summed E-state index contributed by atoms with van der Waals surface area (Å²) in [4.78, 5) is 3.31. The van der Waals surface area contributed by atoms with Gasteiger partial charge >= 0.3 is 0 Å². The van der Waals surface area contributed by atoms with Crippen molar-refractivity contribution in [3.05, 3.63) is 48.0 Å². The second-order valence-electron chi connectivity index (χ2n) is 7.87. The number of likely N-dealkylation sites (N-methyl/N-ethyl adjacent to an activating group) is 1. The van der Waals surface area contributed by atoms with Crippen molar-refractivity contribution < 1.29 is 13.5 Å². The summed E-state index contributed by atoms with van der Waals surface area (Å²) in [6, 6.07) is 13.6. The zero-order chi connectivity index (χ0) is 21.9. The Balaban J connectivity index is 2.33. The Morgan fingerprint density at radius 1 is 1.17 bits per heavy atom. The maximum Gasteiger partial charge on any atom is 0.245 e. The second-order valence-corrected chi connectivity index (χ2v) is 10.7. The number of unbranched alkanes of at least 4 members (excludes halogenated alkanes) is 1. The van der Waals surface area contributed by atoms with Crippen molar-refractivity contribution in [1.82, 2.24) is 4.31 Å². The van der Waals surface area contributed by atoms with E-state index in [-0.39, 0.29) is 11.5 Å². The van der Waals surface area contributed by atoms with E-state index in [1.807, 2.05) is 42.7 Å². The van der Waals surface area contributed by atoms with Crippen LogP contribution in [-0.2, 0) is 16.6 Å². The van der Waals surface area contributed by atoms with Crippen LogP contribution in [0.25, 0.3) is 0 Å². The van der Waals surface area contributed by atoms with Crippen molar-refractivity contribution >= 4 is 33.2 Å². The van der Waals surface area contributed by atoms with Crippen LogP contribution in [-0.4, -0.2) is 43.2 Å². The number of anilines is 2. The molecule has 0 saturated heterocycles. The third kappa shape index (κ3) is 4.00. The highest BCUT2D eigenvalue weighted by Crippen LogP contribution is 2.45. The van der Waals surface area contributed by atoms with Gasteiger partial charge in [0.15, 0.2) is 0 Å². The molecular formula is C23H32N2O3S2. The van der Waals surface area contributed by atoms with Gasteiger partial charge in [0.1, 0.15) is 4.90 Å². The normalized spacial score (nSPS) is 21.3. The molecule has 30 heavy (non-hydrogen) atoms. The Morgan fingerprint density at radius 2 is 1.87 bits per heavy atom. The molecular weight excluding hydrogens is 416 g/mol. The fraction of sp³-hybridized carbons (Fsp3) is 0.478. The lowest BCUT2D eigenvalue weighted by molar-refractivity contribution is 0.198. The van der Waals surface area contributed by atoms with Crippen molar-refractivity contribution in [2.24, 2.45) is 0 Å². The van der Waals surface area contributed by atoms with Gasteiger partial charge in [-0.3, -0.25) is 0 Å². The predicted molar refractivity (Wildman–Crippen MR) is 125 cm³/mol. The third-order valence-corrected chi connectivity index (χ3v) is 9.11. The van der Waals surface area contributed by atoms with Crippen LogP contribution in [0, 0.1) is 0 Å². The molecule has 0 saturated carbocycles. The van der Waals surface area contributed by atoms with Gasteiger partial charge in [0.05, 0.1) is 17.8 Å². The van der Waals surface area contributed by atoms with Crippen molar-refractivity contribution in [2.75, 3.05) is 24.7 Å². The molecule has 1 aliphatic rings. The number of fused-ring (bicyclic) bond motifs is 1. The first kappa shape index (κ1) is 23.1. The fourth-order valence-corrected chi connectivity index (χ4v) is 6.72. The summed E-state index contributed by atoms with van der Waals surface area (Å²) in [7, 11) is -2.02. The van der Waals surface area contributed by atoms with Gasteiger partial charge in [-0.25, -0.2) is 8.42 Å². The average Bonchev–Trinajstić information content (AvgIpc) is 2.84. The first-order valence-corrected chi connectivity index (χ1v) is 13.1. The second kappa shape index (κ2) is 9.30. The third-order valence-electron chi connectivity index (χ3n) is 6.30. The van der Waals surface area contributed by atoms with Gasteiger partial charge in [0.2, 0.25) is 10.0 Å². The lowest BCUT2D eigenvalue weighted by atomic mass is 9.88. The molecule has 0 spiro atoms. The fourth-order valence-electron chi connectivity index (χ4n) is 4.30. The number of hydrogen-bond acceptors (Lipinski definition) is 5. The van der Waals surface area contributed by atoms with Crippen LogP contribution in [0.4, 0.5) is 11.4 Å². The van der Waals surface area contributed by atoms with Crippen molar-refractivity contribution in [2.45, 2.75) is 61.5 Å². The molecule has 1 N–H and O–H groups in total. The Labute approximate surface area is 185 Å². The highest BCUT2D eigenvalue weighted by Gasteiger charge is 2.46. The molecule has 0 aromatic heterocycles. The lowest BCUT2D eigenvalue weighted by Gasteiger charge is -2.41. The molecule has 0 radical (unpaired) electrons. The van der Waals surface area contributed by atoms with Gasteiger partial charge in [-0.2, -0.15) is 4.31 Å². The minimum atomic E-state index is -3.73. The number of aliphatic hydroxyl groups excluding tert-OH is 1. The smallest absolute Gasteiger partial charge is 0.245 e. The molecule has 7 heteroatoms. The summed E-state index contributed by atoms with van der Waals surface area (Å²) in [5.74, 6) is 0. The standard InChI is InChI=1S/C23H32N2O3S2/c1-5-7-13-23(6-2)17-25(19-11-9-8-10-12-19)20-15-21(29-4)18(16-26)14-22(20)30(27,28)24(23)3/h8-12,14-15,26H,5-7,13,16-17H2,1-4H3. The Kier molecular flexibility index (Phi) is 7.17. The zero-order valence-electron chi connectivity index (χ0n) is 18.3. The summed E-state index contributed by atoms with van der Waals surface area (Å²) in [5.41, 5.74) is 1.79. The first-order chi connectivity index (χ1) is 14.3. The van der Waals surface area contributed by atoms with E-state index in [9.17, 15) is 13.5 Å². The van der Waals surface area contributed by atoms with Crippen LogP contribution >= 0.6 is 11.8 Å². The topological polar surface area (TPSA) is 60.9 Å². The molecule has 1 atom stereocenters. The van der Waals surface area contributed by atoms with E-state index in [1.165, 1.54) is 11.8 Å². The van der Waals surface area contributed by atoms with Gasteiger partial charge < -0.3 is 10.0 Å². The van der Waals surface area contributed by atoms with Crippen LogP contribution in [0.2, 0.25) is 0 Å². The molecule has 3 rings (SSSR count). The van der Waals surface area contributed by atoms with E-state index in [4.69, 9.17) is 0 Å². The number of rotatable bonds is 7. The van der Waals surface area contributed by atoms with Gasteiger partial charge in [-0.1, -0.05) is 44.9 Å². The van der Waals surface area contributed by atoms with Gasteiger partial charge in [0, 0.05) is 24.2 Å². The van der Waals surface area contributed by atoms with Crippen LogP contribution in [0.15, 0.2) is 52.3 Å². The monoisotopic (exact) mass is 448 g/mol. The zero-order valence-corrected chi connectivity index (χ0v) is 19.9. The van der Waals surface area contributed by atoms with Crippen molar-refractivity contribution in [1.29, 1.82) is 0 Å². The highest BCUT2D eigenvalue weighted by atomic mass is 32.2. The van der Waals surface area contributed by atoms with E-state index in [0.717, 1.165) is 36.3 Å². The molecule has 2 aromatic rings. The van der Waals surface area contributed by atoms with Crippen LogP contribution in [0.1, 0.15) is 45.1 Å². The largest absolute Gasteiger partial charge is 0.392 e. The molecule has 0 amide bonds. The molecule has 164 valence electrons. The number of aliphatic hydroxyl groups is 1. The molecule has 1 heterocycles. The van der Waals surface area contributed by atoms with Crippen LogP contribution in [0.3, 0.4) is 0 Å². The molecule has 1 unspecified atom stereocenters. The van der Waals surface area contributed by atoms with Gasteiger partial charge in [0.25, 0.3) is 0 Å². The van der Waals surface area contributed by atoms with Crippen molar-refractivity contribution in [3.8, 4) is 0 Å². The van der Waals surface area contributed by atoms with E-state index in [1.54, 1.807) is 17.4 Å². The Bertz CT molecular complexity index is 979.